The number of ether oxygens (including phenoxy) is 2. The number of carbonyl (C=O) groups is 6. The number of imidazole rings is 2. The molecule has 0 bridgehead atoms. The molecule has 6 aromatic rings. The number of allylic oxidation sites excluding steroid dienone is 2. The molecule has 10 N–H and O–H groups in total. The summed E-state index contributed by atoms with van der Waals surface area (Å²) < 4.78 is 22.4. The van der Waals surface area contributed by atoms with Crippen molar-refractivity contribution in [3.63, 3.8) is 0 Å². The minimum absolute atomic E-state index is 0. The molecule has 6 heterocycles. The third-order valence-corrected chi connectivity index (χ3v) is 11.3. The molecule has 0 fully saturated rings. The second-order valence-corrected chi connectivity index (χ2v) is 19.0. The predicted octanol–water partition coefficient (Wildman–Crippen LogP) is 6.64. The summed E-state index contributed by atoms with van der Waals surface area (Å²) in [7, 11) is 3.75. The second-order valence-electron chi connectivity index (χ2n) is 17.0. The largest absolute Gasteiger partial charge is 0.477 e. The van der Waals surface area contributed by atoms with E-state index in [-0.39, 0.29) is 85.4 Å². The Morgan fingerprint density at radius 1 is 0.708 bits per heavy atom. The summed E-state index contributed by atoms with van der Waals surface area (Å²) in [6.45, 7) is 20.4. The maximum absolute atomic E-state index is 12.9. The van der Waals surface area contributed by atoms with E-state index in [2.05, 4.69) is 49.8 Å². The first-order chi connectivity index (χ1) is 33.0. The molecule has 0 atom stereocenters. The van der Waals surface area contributed by atoms with Crippen molar-refractivity contribution in [2.75, 3.05) is 23.7 Å². The van der Waals surface area contributed by atoms with Gasteiger partial charge in [0.05, 0.1) is 16.3 Å². The van der Waals surface area contributed by atoms with Gasteiger partial charge in [-0.2, -0.15) is 10.2 Å². The molecule has 28 heteroatoms. The average Bonchev–Trinajstić information content (AvgIpc) is 4.13. The van der Waals surface area contributed by atoms with Crippen LogP contribution in [0.4, 0.5) is 21.5 Å². The number of aromatic carboxylic acids is 1. The van der Waals surface area contributed by atoms with Gasteiger partial charge in [0, 0.05) is 78.8 Å². The molecule has 0 saturated heterocycles. The predicted molar refractivity (Wildman–Crippen MR) is 278 cm³/mol. The summed E-state index contributed by atoms with van der Waals surface area (Å²) in [5.41, 5.74) is 7.56. The van der Waals surface area contributed by atoms with Gasteiger partial charge >= 0.3 is 18.2 Å². The number of aryl methyl sites for hydroxylation is 4. The molecule has 23 nitrogen and oxygen atoms in total. The summed E-state index contributed by atoms with van der Waals surface area (Å²) in [4.78, 5) is 83.1. The zero-order chi connectivity index (χ0) is 52.1. The van der Waals surface area contributed by atoms with E-state index in [0.29, 0.717) is 69.1 Å². The molecule has 0 aliphatic heterocycles. The van der Waals surface area contributed by atoms with Crippen molar-refractivity contribution in [3.05, 3.63) is 81.1 Å². The number of primary amides is 1. The molecule has 0 spiro atoms. The van der Waals surface area contributed by atoms with Crippen LogP contribution in [-0.4, -0.2) is 114 Å². The number of carboxylic acids is 1. The van der Waals surface area contributed by atoms with Crippen molar-refractivity contribution in [1.82, 2.24) is 55.4 Å². The van der Waals surface area contributed by atoms with Gasteiger partial charge in [0.2, 0.25) is 11.9 Å². The minimum Gasteiger partial charge on any atom is -0.477 e. The van der Waals surface area contributed by atoms with Gasteiger partial charge in [-0.3, -0.25) is 43.5 Å². The Kier molecular flexibility index (Phi) is 23.9. The maximum atomic E-state index is 12.9. The van der Waals surface area contributed by atoms with Crippen LogP contribution in [-0.2, 0) is 35.7 Å². The van der Waals surface area contributed by atoms with E-state index in [4.69, 9.17) is 16.5 Å². The van der Waals surface area contributed by atoms with Gasteiger partial charge in [-0.05, 0) is 94.8 Å². The first kappa shape index (κ1) is 62.1. The molecule has 0 aliphatic carbocycles. The molecule has 388 valence electrons. The van der Waals surface area contributed by atoms with Crippen LogP contribution in [0, 0.1) is 45.0 Å². The number of hydrogen-bond acceptors (Lipinski definition) is 15. The zero-order valence-corrected chi connectivity index (χ0v) is 48.4. The van der Waals surface area contributed by atoms with Gasteiger partial charge in [0.1, 0.15) is 48.2 Å². The van der Waals surface area contributed by atoms with E-state index >= 15 is 0 Å². The van der Waals surface area contributed by atoms with Crippen molar-refractivity contribution in [2.24, 2.45) is 5.73 Å². The monoisotopic (exact) mass is 1280 g/mol. The second kappa shape index (κ2) is 27.7. The molecule has 0 aromatic carbocycles. The first-order valence-corrected chi connectivity index (χ1v) is 23.1. The van der Waals surface area contributed by atoms with E-state index < -0.39 is 35.3 Å². The van der Waals surface area contributed by atoms with E-state index in [1.54, 1.807) is 96.5 Å². The van der Waals surface area contributed by atoms with Crippen LogP contribution in [0.25, 0.3) is 20.7 Å². The SMILES string of the molecule is CCn1nc(C)cc1C(=O)Nc1nc2cc(C(=O)O)sc2n1C/C=C/CNC(=O)OC(C)(C)C.CCn1nc(C)cc1C(=O)Nc1nc2cc(C(N)=O)sc2n1C/C=C/CNC(=O)OC(C)(C)C.Cl.N.[3H][B].[U]. The molecule has 72 heavy (non-hydrogen) atoms. The number of rotatable bonds is 16. The zero-order valence-electron chi connectivity index (χ0n) is 42.7. The van der Waals surface area contributed by atoms with Crippen LogP contribution < -0.4 is 33.2 Å². The van der Waals surface area contributed by atoms with Gasteiger partial charge in [-0.25, -0.2) is 24.4 Å². The molecule has 6 rings (SSSR count). The third kappa shape index (κ3) is 17.7. The Morgan fingerprint density at radius 3 is 1.43 bits per heavy atom. The Morgan fingerprint density at radius 2 is 1.08 bits per heavy atom. The number of nitrogens with zero attached hydrogens (tertiary/aromatic N) is 8. The Labute approximate surface area is 457 Å². The van der Waals surface area contributed by atoms with Gasteiger partial charge in [-0.15, -0.1) is 35.1 Å². The molecule has 0 saturated carbocycles. The molecular formula is C44H62BClN14O9S2U. The summed E-state index contributed by atoms with van der Waals surface area (Å²) in [6.07, 6.45) is 6.07. The van der Waals surface area contributed by atoms with E-state index in [0.717, 1.165) is 22.7 Å². The fourth-order valence-electron chi connectivity index (χ4n) is 6.30. The quantitative estimate of drug-likeness (QED) is 0.0395. The van der Waals surface area contributed by atoms with Gasteiger partial charge in [0.15, 0.2) is 0 Å². The van der Waals surface area contributed by atoms with E-state index in [9.17, 15) is 33.9 Å². The number of carbonyl (C=O) groups excluding carboxylic acids is 5. The number of carboxylic acid groups (broad SMARTS) is 1. The first-order valence-electron chi connectivity index (χ1n) is 22.0. The normalized spacial score (nSPS) is 11.2. The third-order valence-electron chi connectivity index (χ3n) is 9.05. The van der Waals surface area contributed by atoms with Crippen LogP contribution >= 0.6 is 35.1 Å². The number of thiophene rings is 2. The molecule has 2 radical (unpaired) electrons. The van der Waals surface area contributed by atoms with Gasteiger partial charge < -0.3 is 37.1 Å². The smallest absolute Gasteiger partial charge is 0.407 e. The minimum atomic E-state index is -1.04. The number of alkyl carbamates (subject to hydrolysis) is 2. The molecule has 0 unspecified atom stereocenters. The standard InChI is InChI=1S/C22H29N7O4S.C22H28N6O5S.BH.ClH.H3N.U/c1-6-29-15(11-13(2)27-29)18(31)26-20-25-14-12-16(17(23)30)34-19(14)28(20)10-8-7-9-24-21(32)33-22(3,4)5;1-6-28-15(11-13(2)26-28)17(29)25-20-24-14-12-16(19(30)31)34-18(14)27(20)10-8-7-9-23-21(32)33-22(3,4)5;;;;/h7-8,11-12H,6,9-10H2,1-5H3,(H2,23,30)(H,24,32)(H,25,26,31);7-8,11-12H,6,9-10H2,1-5H3,(H,23,32)(H,30,31)(H,24,25,29);2*1H;1H3;/b2*8-7+;;;;/i;;1T;;;. The fraction of sp³-hybridized carbons (Fsp3) is 0.409. The summed E-state index contributed by atoms with van der Waals surface area (Å²) in [5.74, 6) is -1.68. The maximum Gasteiger partial charge on any atom is 0.407 e. The van der Waals surface area contributed by atoms with Crippen LogP contribution in [0.15, 0.2) is 48.6 Å². The summed E-state index contributed by atoms with van der Waals surface area (Å²) >= 11 is 2.27. The topological polar surface area (TPSA) is 322 Å². The molecule has 6 aromatic heterocycles. The van der Waals surface area contributed by atoms with Crippen molar-refractivity contribution in [3.8, 4) is 0 Å². The fourth-order valence-corrected chi connectivity index (χ4v) is 8.20. The van der Waals surface area contributed by atoms with Gasteiger partial charge in [-0.1, -0.05) is 24.3 Å². The van der Waals surface area contributed by atoms with Gasteiger partial charge in [0.25, 0.3) is 17.7 Å². The number of amides is 5. The summed E-state index contributed by atoms with van der Waals surface area (Å²) in [6, 6.07) is 6.48. The number of hydrogen-bond donors (Lipinski definition) is 7. The van der Waals surface area contributed by atoms with Crippen molar-refractivity contribution in [2.45, 2.75) is 107 Å². The van der Waals surface area contributed by atoms with Crippen LogP contribution in [0.3, 0.4) is 0 Å². The number of nitrogens with one attached hydrogen (secondary N) is 4. The number of anilines is 2. The molecule has 0 aliphatic rings. The average molecular weight is 1280 g/mol. The van der Waals surface area contributed by atoms with Crippen LogP contribution in [0.5, 0.6) is 0 Å². The van der Waals surface area contributed by atoms with E-state index in [1.165, 1.54) is 17.4 Å². The summed E-state index contributed by atoms with van der Waals surface area (Å²) in [5, 5.41) is 28.9. The number of aromatic nitrogens is 8. The van der Waals surface area contributed by atoms with Crippen molar-refractivity contribution < 1.29 is 74.5 Å². The van der Waals surface area contributed by atoms with E-state index in [1.807, 2.05) is 33.8 Å². The van der Waals surface area contributed by atoms with Crippen LogP contribution in [0.1, 0.15) is 107 Å². The molecular weight excluding hydrogens is 1220 g/mol. The Bertz CT molecular complexity index is 2720. The number of halogens is 1. The Hall–Kier alpha value is -5.97. The van der Waals surface area contributed by atoms with Crippen molar-refractivity contribution >= 4 is 112 Å². The van der Waals surface area contributed by atoms with Crippen LogP contribution in [0.2, 0.25) is 0 Å². The number of fused-ring (bicyclic) bond motifs is 2. The Balaban J connectivity index is 0.000000679. The van der Waals surface area contributed by atoms with Crippen molar-refractivity contribution in [1.29, 1.82) is 1.34 Å². The number of nitrogens with two attached hydrogens (primary N) is 1. The molecule has 5 amide bonds.